The Morgan fingerprint density at radius 3 is 2.27 bits per heavy atom. The van der Waals surface area contributed by atoms with E-state index in [0.717, 1.165) is 16.8 Å². The Labute approximate surface area is 226 Å². The van der Waals surface area contributed by atoms with Gasteiger partial charge in [0.1, 0.15) is 0 Å². The molecule has 0 atom stereocenters. The van der Waals surface area contributed by atoms with Crippen molar-refractivity contribution in [1.82, 2.24) is 20.2 Å². The second-order valence-electron chi connectivity index (χ2n) is 9.33. The van der Waals surface area contributed by atoms with E-state index in [9.17, 15) is 4.79 Å². The molecule has 3 aromatic carbocycles. The van der Waals surface area contributed by atoms with Crippen LogP contribution in [-0.2, 0) is 10.2 Å². The van der Waals surface area contributed by atoms with Gasteiger partial charge in [0.2, 0.25) is 0 Å². The number of para-hydroxylation sites is 1. The van der Waals surface area contributed by atoms with Crippen molar-refractivity contribution in [2.45, 2.75) is 31.3 Å². The molecule has 6 nitrogen and oxygen atoms in total. The Kier molecular flexibility index (Phi) is 8.58. The number of carbonyl (C=O) groups excluding carboxylic acids is 1. The van der Waals surface area contributed by atoms with Gasteiger partial charge in [-0.15, -0.1) is 10.2 Å². The highest BCUT2D eigenvalue weighted by Gasteiger charge is 2.19. The number of carbonyl (C=O) groups is 1. The first-order chi connectivity index (χ1) is 17.8. The SMILES string of the molecule is CC(C)(C)c1ccc(-c2nnc(SCC(=O)N/N=C\C(Cl)=C\c3ccccc3)n2-c2ccccc2)cc1. The van der Waals surface area contributed by atoms with E-state index in [1.165, 1.54) is 23.5 Å². The first kappa shape index (κ1) is 26.4. The highest BCUT2D eigenvalue weighted by atomic mass is 35.5. The minimum absolute atomic E-state index is 0.0596. The molecule has 188 valence electrons. The summed E-state index contributed by atoms with van der Waals surface area (Å²) in [5.41, 5.74) is 6.63. The first-order valence-electron chi connectivity index (χ1n) is 11.8. The molecule has 4 rings (SSSR count). The zero-order valence-corrected chi connectivity index (χ0v) is 22.5. The minimum atomic E-state index is -0.274. The molecule has 0 aliphatic rings. The number of nitrogens with one attached hydrogen (secondary N) is 1. The van der Waals surface area contributed by atoms with Gasteiger partial charge in [0.05, 0.1) is 17.0 Å². The number of allylic oxidation sites excluding steroid dienone is 1. The predicted octanol–water partition coefficient (Wildman–Crippen LogP) is 6.71. The zero-order chi connectivity index (χ0) is 26.3. The van der Waals surface area contributed by atoms with Gasteiger partial charge in [0.25, 0.3) is 5.91 Å². The molecule has 1 aromatic heterocycles. The van der Waals surface area contributed by atoms with Crippen molar-refractivity contribution in [3.63, 3.8) is 0 Å². The molecular formula is C29H28ClN5OS. The molecule has 0 bridgehead atoms. The lowest BCUT2D eigenvalue weighted by atomic mass is 9.87. The Bertz CT molecular complexity index is 1390. The minimum Gasteiger partial charge on any atom is -0.272 e. The van der Waals surface area contributed by atoms with Crippen LogP contribution in [0.25, 0.3) is 23.2 Å². The molecule has 1 heterocycles. The maximum atomic E-state index is 12.4. The zero-order valence-electron chi connectivity index (χ0n) is 20.9. The number of halogens is 1. The average Bonchev–Trinajstić information content (AvgIpc) is 3.32. The Hall–Kier alpha value is -3.68. The quantitative estimate of drug-likeness (QED) is 0.156. The van der Waals surface area contributed by atoms with Crippen molar-refractivity contribution in [3.8, 4) is 17.1 Å². The summed E-state index contributed by atoms with van der Waals surface area (Å²) in [6.45, 7) is 6.56. The van der Waals surface area contributed by atoms with Gasteiger partial charge in [-0.1, -0.05) is 117 Å². The van der Waals surface area contributed by atoms with Crippen LogP contribution in [0.4, 0.5) is 0 Å². The lowest BCUT2D eigenvalue weighted by Crippen LogP contribution is -2.19. The number of hydrogen-bond acceptors (Lipinski definition) is 5. The number of rotatable bonds is 8. The van der Waals surface area contributed by atoms with Crippen LogP contribution in [0.15, 0.2) is 100 Å². The standard InChI is InChI=1S/C29H28ClN5OS/c1-29(2,3)23-16-14-22(15-17-23)27-33-34-28(35(27)25-12-8-5-9-13-25)37-20-26(36)32-31-19-24(30)18-21-10-6-4-7-11-21/h4-19H,20H2,1-3H3,(H,32,36)/b24-18-,31-19-. The van der Waals surface area contributed by atoms with Crippen molar-refractivity contribution >= 4 is 41.6 Å². The second kappa shape index (κ2) is 12.0. The van der Waals surface area contributed by atoms with E-state index >= 15 is 0 Å². The van der Waals surface area contributed by atoms with Crippen LogP contribution in [0.1, 0.15) is 31.9 Å². The van der Waals surface area contributed by atoms with Crippen LogP contribution >= 0.6 is 23.4 Å². The number of benzene rings is 3. The molecule has 1 amide bonds. The van der Waals surface area contributed by atoms with Gasteiger partial charge >= 0.3 is 0 Å². The molecule has 37 heavy (non-hydrogen) atoms. The highest BCUT2D eigenvalue weighted by Crippen LogP contribution is 2.30. The van der Waals surface area contributed by atoms with Crippen molar-refractivity contribution in [1.29, 1.82) is 0 Å². The Balaban J connectivity index is 1.47. The molecule has 1 N–H and O–H groups in total. The monoisotopic (exact) mass is 529 g/mol. The third kappa shape index (κ3) is 7.18. The molecule has 0 fully saturated rings. The Morgan fingerprint density at radius 2 is 1.62 bits per heavy atom. The van der Waals surface area contributed by atoms with Crippen LogP contribution < -0.4 is 5.43 Å². The van der Waals surface area contributed by atoms with E-state index in [1.54, 1.807) is 6.08 Å². The Morgan fingerprint density at radius 1 is 0.973 bits per heavy atom. The van der Waals surface area contributed by atoms with E-state index in [1.807, 2.05) is 65.2 Å². The lowest BCUT2D eigenvalue weighted by molar-refractivity contribution is -0.118. The van der Waals surface area contributed by atoms with Crippen molar-refractivity contribution in [2.24, 2.45) is 5.10 Å². The van der Waals surface area contributed by atoms with E-state index in [2.05, 4.69) is 65.8 Å². The van der Waals surface area contributed by atoms with Crippen LogP contribution in [0.3, 0.4) is 0 Å². The molecule has 8 heteroatoms. The van der Waals surface area contributed by atoms with Gasteiger partial charge in [-0.2, -0.15) is 5.10 Å². The van der Waals surface area contributed by atoms with Gasteiger partial charge < -0.3 is 0 Å². The summed E-state index contributed by atoms with van der Waals surface area (Å²) in [7, 11) is 0. The van der Waals surface area contributed by atoms with E-state index in [0.29, 0.717) is 16.0 Å². The molecule has 0 saturated heterocycles. The summed E-state index contributed by atoms with van der Waals surface area (Å²) >= 11 is 7.48. The van der Waals surface area contributed by atoms with Crippen LogP contribution in [0.5, 0.6) is 0 Å². The summed E-state index contributed by atoms with van der Waals surface area (Å²) in [6.07, 6.45) is 3.17. The van der Waals surface area contributed by atoms with Gasteiger partial charge in [-0.05, 0) is 34.8 Å². The third-order valence-electron chi connectivity index (χ3n) is 5.47. The number of hydrazone groups is 1. The van der Waals surface area contributed by atoms with Crippen LogP contribution in [-0.4, -0.2) is 32.6 Å². The molecule has 0 aliphatic heterocycles. The number of thioether (sulfide) groups is 1. The van der Waals surface area contributed by atoms with E-state index in [-0.39, 0.29) is 17.1 Å². The maximum absolute atomic E-state index is 12.4. The first-order valence-corrected chi connectivity index (χ1v) is 13.2. The molecular weight excluding hydrogens is 502 g/mol. The molecule has 0 spiro atoms. The van der Waals surface area contributed by atoms with Crippen molar-refractivity contribution in [3.05, 3.63) is 101 Å². The van der Waals surface area contributed by atoms with Crippen molar-refractivity contribution < 1.29 is 4.79 Å². The van der Waals surface area contributed by atoms with Gasteiger partial charge in [-0.25, -0.2) is 5.43 Å². The lowest BCUT2D eigenvalue weighted by Gasteiger charge is -2.19. The van der Waals surface area contributed by atoms with Crippen LogP contribution in [0, 0.1) is 0 Å². The van der Waals surface area contributed by atoms with Gasteiger partial charge in [-0.3, -0.25) is 9.36 Å². The number of amides is 1. The fourth-order valence-corrected chi connectivity index (χ4v) is 4.47. The number of nitrogens with zero attached hydrogens (tertiary/aromatic N) is 4. The van der Waals surface area contributed by atoms with E-state index in [4.69, 9.17) is 11.6 Å². The second-order valence-corrected chi connectivity index (χ2v) is 10.7. The fraction of sp³-hybridized carbons (Fsp3) is 0.172. The summed E-state index contributed by atoms with van der Waals surface area (Å²) in [6, 6.07) is 27.9. The van der Waals surface area contributed by atoms with Crippen LogP contribution in [0.2, 0.25) is 0 Å². The van der Waals surface area contributed by atoms with Gasteiger partial charge in [0, 0.05) is 11.3 Å². The van der Waals surface area contributed by atoms with Gasteiger partial charge in [0.15, 0.2) is 11.0 Å². The van der Waals surface area contributed by atoms with E-state index < -0.39 is 0 Å². The smallest absolute Gasteiger partial charge is 0.250 e. The molecule has 0 radical (unpaired) electrons. The molecule has 4 aromatic rings. The summed E-state index contributed by atoms with van der Waals surface area (Å²) in [5.74, 6) is 0.556. The maximum Gasteiger partial charge on any atom is 0.250 e. The predicted molar refractivity (Wildman–Crippen MR) is 153 cm³/mol. The fourth-order valence-electron chi connectivity index (χ4n) is 3.55. The number of hydrogen-bond donors (Lipinski definition) is 1. The highest BCUT2D eigenvalue weighted by molar-refractivity contribution is 7.99. The van der Waals surface area contributed by atoms with Crippen molar-refractivity contribution in [2.75, 3.05) is 5.75 Å². The summed E-state index contributed by atoms with van der Waals surface area (Å²) in [5, 5.41) is 13.8. The normalized spacial score (nSPS) is 12.2. The largest absolute Gasteiger partial charge is 0.272 e. The summed E-state index contributed by atoms with van der Waals surface area (Å²) < 4.78 is 1.97. The average molecular weight is 530 g/mol. The summed E-state index contributed by atoms with van der Waals surface area (Å²) in [4.78, 5) is 12.4. The molecule has 0 saturated carbocycles. The number of aromatic nitrogens is 3. The topological polar surface area (TPSA) is 72.2 Å². The molecule has 0 unspecified atom stereocenters. The molecule has 0 aliphatic carbocycles. The third-order valence-corrected chi connectivity index (χ3v) is 6.61.